The number of hydrogen-bond donors (Lipinski definition) is 1. The van der Waals surface area contributed by atoms with Gasteiger partial charge < -0.3 is 15.0 Å². The normalized spacial score (nSPS) is 19.4. The first-order chi connectivity index (χ1) is 13.6. The molecule has 0 aliphatic carbocycles. The third-order valence-corrected chi connectivity index (χ3v) is 5.97. The summed E-state index contributed by atoms with van der Waals surface area (Å²) in [6, 6.07) is 8.79. The number of esters is 1. The number of nitrogens with zero attached hydrogens (tertiary/aromatic N) is 2. The SMILES string of the molecule is CCOC(=O)C1CCN(C(=O)NC2CCN(Cc3ccccc3C)CC2)CC1. The highest BCUT2D eigenvalue weighted by Gasteiger charge is 2.29. The number of ether oxygens (including phenoxy) is 1. The van der Waals surface area contributed by atoms with E-state index in [0.29, 0.717) is 32.5 Å². The molecule has 1 N–H and O–H groups in total. The maximum absolute atomic E-state index is 12.6. The summed E-state index contributed by atoms with van der Waals surface area (Å²) in [5, 5.41) is 3.20. The molecule has 2 aliphatic rings. The van der Waals surface area contributed by atoms with Crippen molar-refractivity contribution in [2.45, 2.75) is 52.1 Å². The Bertz CT molecular complexity index is 663. The van der Waals surface area contributed by atoms with E-state index in [1.165, 1.54) is 11.1 Å². The minimum absolute atomic E-state index is 0.0136. The Hall–Kier alpha value is -2.08. The van der Waals surface area contributed by atoms with Crippen LogP contribution in [0.4, 0.5) is 4.79 Å². The van der Waals surface area contributed by atoms with Crippen molar-refractivity contribution in [1.29, 1.82) is 0 Å². The predicted octanol–water partition coefficient (Wildman–Crippen LogP) is 2.94. The highest BCUT2D eigenvalue weighted by atomic mass is 16.5. The third-order valence-electron chi connectivity index (χ3n) is 5.97. The highest BCUT2D eigenvalue weighted by molar-refractivity contribution is 5.76. The van der Waals surface area contributed by atoms with Gasteiger partial charge >= 0.3 is 12.0 Å². The Morgan fingerprint density at radius 3 is 2.39 bits per heavy atom. The van der Waals surface area contributed by atoms with Crippen LogP contribution in [-0.4, -0.2) is 60.6 Å². The molecule has 2 heterocycles. The Balaban J connectivity index is 1.38. The van der Waals surface area contributed by atoms with Gasteiger partial charge in [0.15, 0.2) is 0 Å². The largest absolute Gasteiger partial charge is 0.466 e. The van der Waals surface area contributed by atoms with E-state index in [0.717, 1.165) is 32.5 Å². The van der Waals surface area contributed by atoms with Gasteiger partial charge in [-0.1, -0.05) is 24.3 Å². The number of benzene rings is 1. The summed E-state index contributed by atoms with van der Waals surface area (Å²) in [7, 11) is 0. The minimum atomic E-state index is -0.122. The molecule has 0 radical (unpaired) electrons. The van der Waals surface area contributed by atoms with Crippen LogP contribution >= 0.6 is 0 Å². The van der Waals surface area contributed by atoms with Crippen molar-refractivity contribution in [2.24, 2.45) is 5.92 Å². The van der Waals surface area contributed by atoms with E-state index in [2.05, 4.69) is 41.4 Å². The lowest BCUT2D eigenvalue weighted by Crippen LogP contribution is -2.51. The number of carbonyl (C=O) groups excluding carboxylic acids is 2. The number of piperidine rings is 2. The molecule has 2 fully saturated rings. The van der Waals surface area contributed by atoms with Gasteiger partial charge in [-0.25, -0.2) is 4.79 Å². The first kappa shape index (κ1) is 20.6. The van der Waals surface area contributed by atoms with Gasteiger partial charge in [0.2, 0.25) is 0 Å². The number of hydrogen-bond acceptors (Lipinski definition) is 4. The van der Waals surface area contributed by atoms with E-state index in [4.69, 9.17) is 4.74 Å². The number of amides is 2. The maximum atomic E-state index is 12.6. The molecular weight excluding hydrogens is 354 g/mol. The van der Waals surface area contributed by atoms with Gasteiger partial charge in [-0.3, -0.25) is 9.69 Å². The first-order valence-corrected chi connectivity index (χ1v) is 10.6. The number of likely N-dealkylation sites (tertiary alicyclic amines) is 2. The van der Waals surface area contributed by atoms with Crippen molar-refractivity contribution in [3.63, 3.8) is 0 Å². The van der Waals surface area contributed by atoms with E-state index < -0.39 is 0 Å². The molecule has 28 heavy (non-hydrogen) atoms. The second kappa shape index (κ2) is 9.92. The van der Waals surface area contributed by atoms with Crippen LogP contribution in [0.3, 0.4) is 0 Å². The van der Waals surface area contributed by atoms with Gasteiger partial charge in [-0.2, -0.15) is 0 Å². The minimum Gasteiger partial charge on any atom is -0.466 e. The summed E-state index contributed by atoms with van der Waals surface area (Å²) in [6.45, 7) is 8.65. The number of carbonyl (C=O) groups is 2. The molecule has 0 bridgehead atoms. The zero-order valence-corrected chi connectivity index (χ0v) is 17.2. The Labute approximate surface area is 168 Å². The predicted molar refractivity (Wildman–Crippen MR) is 109 cm³/mol. The second-order valence-corrected chi connectivity index (χ2v) is 7.94. The van der Waals surface area contributed by atoms with Crippen molar-refractivity contribution in [1.82, 2.24) is 15.1 Å². The summed E-state index contributed by atoms with van der Waals surface area (Å²) in [6.07, 6.45) is 3.36. The average Bonchev–Trinajstić information content (AvgIpc) is 2.71. The fourth-order valence-corrected chi connectivity index (χ4v) is 4.11. The molecule has 1 aromatic rings. The smallest absolute Gasteiger partial charge is 0.317 e. The number of urea groups is 1. The number of aryl methyl sites for hydroxylation is 1. The molecule has 0 atom stereocenters. The Morgan fingerprint density at radius 2 is 1.75 bits per heavy atom. The Kier molecular flexibility index (Phi) is 7.31. The van der Waals surface area contributed by atoms with Gasteiger partial charge in [0.25, 0.3) is 0 Å². The number of rotatable bonds is 5. The lowest BCUT2D eigenvalue weighted by molar-refractivity contribution is -0.149. The van der Waals surface area contributed by atoms with Crippen LogP contribution in [-0.2, 0) is 16.1 Å². The fourth-order valence-electron chi connectivity index (χ4n) is 4.11. The van der Waals surface area contributed by atoms with Gasteiger partial charge in [0.05, 0.1) is 12.5 Å². The van der Waals surface area contributed by atoms with Crippen LogP contribution in [0.2, 0.25) is 0 Å². The van der Waals surface area contributed by atoms with Crippen LogP contribution in [0.1, 0.15) is 43.7 Å². The van der Waals surface area contributed by atoms with Crippen LogP contribution < -0.4 is 5.32 Å². The molecule has 6 nitrogen and oxygen atoms in total. The van der Waals surface area contributed by atoms with Crippen LogP contribution in [0.15, 0.2) is 24.3 Å². The Morgan fingerprint density at radius 1 is 1.07 bits per heavy atom. The first-order valence-electron chi connectivity index (χ1n) is 10.6. The van der Waals surface area contributed by atoms with Crippen molar-refractivity contribution in [3.8, 4) is 0 Å². The fraction of sp³-hybridized carbons (Fsp3) is 0.636. The van der Waals surface area contributed by atoms with Crippen molar-refractivity contribution < 1.29 is 14.3 Å². The molecule has 154 valence electrons. The summed E-state index contributed by atoms with van der Waals surface area (Å²) in [4.78, 5) is 28.7. The topological polar surface area (TPSA) is 61.9 Å². The summed E-state index contributed by atoms with van der Waals surface area (Å²) >= 11 is 0. The highest BCUT2D eigenvalue weighted by Crippen LogP contribution is 2.20. The molecule has 0 spiro atoms. The lowest BCUT2D eigenvalue weighted by atomic mass is 9.97. The molecule has 2 aliphatic heterocycles. The van der Waals surface area contributed by atoms with Crippen molar-refractivity contribution >= 4 is 12.0 Å². The monoisotopic (exact) mass is 387 g/mol. The third kappa shape index (κ3) is 5.47. The molecule has 2 amide bonds. The van der Waals surface area contributed by atoms with Crippen LogP contribution in [0, 0.1) is 12.8 Å². The molecular formula is C22H33N3O3. The molecule has 0 unspecified atom stereocenters. The lowest BCUT2D eigenvalue weighted by Gasteiger charge is -2.35. The molecule has 0 saturated carbocycles. The molecule has 3 rings (SSSR count). The van der Waals surface area contributed by atoms with E-state index in [1.54, 1.807) is 0 Å². The summed E-state index contributed by atoms with van der Waals surface area (Å²) in [5.41, 5.74) is 2.72. The zero-order valence-electron chi connectivity index (χ0n) is 17.2. The van der Waals surface area contributed by atoms with E-state index >= 15 is 0 Å². The molecule has 6 heteroatoms. The molecule has 0 aromatic heterocycles. The quantitative estimate of drug-likeness (QED) is 0.789. The van der Waals surface area contributed by atoms with Crippen LogP contribution in [0.5, 0.6) is 0 Å². The second-order valence-electron chi connectivity index (χ2n) is 7.94. The number of nitrogens with one attached hydrogen (secondary N) is 1. The van der Waals surface area contributed by atoms with E-state index in [1.807, 2.05) is 11.8 Å². The molecule has 1 aromatic carbocycles. The zero-order chi connectivity index (χ0) is 19.9. The van der Waals surface area contributed by atoms with Gasteiger partial charge in [-0.05, 0) is 50.7 Å². The average molecular weight is 388 g/mol. The molecule has 2 saturated heterocycles. The van der Waals surface area contributed by atoms with E-state index in [9.17, 15) is 9.59 Å². The van der Waals surface area contributed by atoms with Crippen LogP contribution in [0.25, 0.3) is 0 Å². The van der Waals surface area contributed by atoms with Gasteiger partial charge in [0, 0.05) is 38.8 Å². The van der Waals surface area contributed by atoms with Crippen molar-refractivity contribution in [3.05, 3.63) is 35.4 Å². The summed E-state index contributed by atoms with van der Waals surface area (Å²) < 4.78 is 5.10. The maximum Gasteiger partial charge on any atom is 0.317 e. The van der Waals surface area contributed by atoms with Gasteiger partial charge in [0.1, 0.15) is 0 Å². The summed E-state index contributed by atoms with van der Waals surface area (Å²) in [5.74, 6) is -0.183. The van der Waals surface area contributed by atoms with Gasteiger partial charge in [-0.15, -0.1) is 0 Å². The van der Waals surface area contributed by atoms with Crippen molar-refractivity contribution in [2.75, 3.05) is 32.8 Å². The standard InChI is InChI=1S/C22H33N3O3/c1-3-28-21(26)18-8-14-25(15-9-18)22(27)23-20-10-12-24(13-11-20)16-19-7-5-4-6-17(19)2/h4-7,18,20H,3,8-16H2,1-2H3,(H,23,27). The van der Waals surface area contributed by atoms with E-state index in [-0.39, 0.29) is 24.0 Å².